The van der Waals surface area contributed by atoms with Crippen molar-refractivity contribution in [2.75, 3.05) is 6.61 Å². The number of nitrogens with one attached hydrogen (secondary N) is 1. The molecule has 0 spiro atoms. The number of carbonyl (C=O) groups is 1. The van der Waals surface area contributed by atoms with E-state index in [2.05, 4.69) is 33.4 Å². The second-order valence-electron chi connectivity index (χ2n) is 5.82. The lowest BCUT2D eigenvalue weighted by atomic mass is 10.1. The standard InChI is InChI=1S/C19H21BrClNO2/c1-13-10-16(20)11-17(21)19(13)24-12-18(23)22-14(2)8-9-15-6-4-3-5-7-15/h3-7,10-11,14H,8-9,12H2,1-2H3,(H,22,23)/t14-/m0/s1. The Morgan fingerprint density at radius 1 is 1.29 bits per heavy atom. The van der Waals surface area contributed by atoms with Gasteiger partial charge in [0.2, 0.25) is 0 Å². The molecule has 5 heteroatoms. The van der Waals surface area contributed by atoms with Gasteiger partial charge in [0.1, 0.15) is 5.75 Å². The van der Waals surface area contributed by atoms with Crippen LogP contribution in [0.25, 0.3) is 0 Å². The highest BCUT2D eigenvalue weighted by atomic mass is 79.9. The molecule has 0 saturated carbocycles. The smallest absolute Gasteiger partial charge is 0.258 e. The Balaban J connectivity index is 1.79. The van der Waals surface area contributed by atoms with E-state index in [0.29, 0.717) is 10.8 Å². The summed E-state index contributed by atoms with van der Waals surface area (Å²) >= 11 is 9.53. The summed E-state index contributed by atoms with van der Waals surface area (Å²) in [5.74, 6) is 0.404. The molecule has 0 heterocycles. The van der Waals surface area contributed by atoms with Gasteiger partial charge < -0.3 is 10.1 Å². The molecule has 2 aromatic rings. The number of carbonyl (C=O) groups excluding carboxylic acids is 1. The number of rotatable bonds is 7. The van der Waals surface area contributed by atoms with Crippen LogP contribution < -0.4 is 10.1 Å². The van der Waals surface area contributed by atoms with Crippen LogP contribution in [-0.2, 0) is 11.2 Å². The molecular formula is C19H21BrClNO2. The third-order valence-electron chi connectivity index (χ3n) is 3.66. The fraction of sp³-hybridized carbons (Fsp3) is 0.316. The lowest BCUT2D eigenvalue weighted by molar-refractivity contribution is -0.123. The van der Waals surface area contributed by atoms with Crippen LogP contribution in [0.2, 0.25) is 5.02 Å². The van der Waals surface area contributed by atoms with Crippen molar-refractivity contribution >= 4 is 33.4 Å². The number of amides is 1. The quantitative estimate of drug-likeness (QED) is 0.703. The molecular weight excluding hydrogens is 390 g/mol. The Bertz CT molecular complexity index is 668. The fourth-order valence-corrected chi connectivity index (χ4v) is 3.45. The Morgan fingerprint density at radius 2 is 2.00 bits per heavy atom. The molecule has 0 fully saturated rings. The van der Waals surface area contributed by atoms with Crippen molar-refractivity contribution in [3.63, 3.8) is 0 Å². The molecule has 0 bridgehead atoms. The van der Waals surface area contributed by atoms with Gasteiger partial charge in [0, 0.05) is 10.5 Å². The fourth-order valence-electron chi connectivity index (χ4n) is 2.43. The van der Waals surface area contributed by atoms with E-state index in [1.54, 1.807) is 6.07 Å². The van der Waals surface area contributed by atoms with E-state index >= 15 is 0 Å². The lowest BCUT2D eigenvalue weighted by Crippen LogP contribution is -2.36. The average molecular weight is 411 g/mol. The van der Waals surface area contributed by atoms with Crippen molar-refractivity contribution in [2.24, 2.45) is 0 Å². The summed E-state index contributed by atoms with van der Waals surface area (Å²) in [6.45, 7) is 3.85. The maximum Gasteiger partial charge on any atom is 0.258 e. The van der Waals surface area contributed by atoms with Crippen LogP contribution in [0, 0.1) is 6.92 Å². The molecule has 0 unspecified atom stereocenters. The van der Waals surface area contributed by atoms with Crippen LogP contribution in [0.1, 0.15) is 24.5 Å². The number of hydrogen-bond donors (Lipinski definition) is 1. The van der Waals surface area contributed by atoms with Crippen molar-refractivity contribution in [1.29, 1.82) is 0 Å². The van der Waals surface area contributed by atoms with Crippen molar-refractivity contribution < 1.29 is 9.53 Å². The van der Waals surface area contributed by atoms with Gasteiger partial charge in [-0.25, -0.2) is 0 Å². The molecule has 0 saturated heterocycles. The predicted octanol–water partition coefficient (Wildman–Crippen LogP) is 4.93. The third-order valence-corrected chi connectivity index (χ3v) is 4.40. The molecule has 0 aliphatic heterocycles. The monoisotopic (exact) mass is 409 g/mol. The zero-order valence-electron chi connectivity index (χ0n) is 13.8. The van der Waals surface area contributed by atoms with Gasteiger partial charge in [-0.2, -0.15) is 0 Å². The third kappa shape index (κ3) is 5.84. The minimum atomic E-state index is -0.144. The van der Waals surface area contributed by atoms with Crippen LogP contribution in [0.3, 0.4) is 0 Å². The van der Waals surface area contributed by atoms with Crippen LogP contribution in [0.4, 0.5) is 0 Å². The highest BCUT2D eigenvalue weighted by molar-refractivity contribution is 9.10. The SMILES string of the molecule is Cc1cc(Br)cc(Cl)c1OCC(=O)N[C@@H](C)CCc1ccccc1. The van der Waals surface area contributed by atoms with Gasteiger partial charge in [0.25, 0.3) is 5.91 Å². The van der Waals surface area contributed by atoms with E-state index in [4.69, 9.17) is 16.3 Å². The Morgan fingerprint density at radius 3 is 2.67 bits per heavy atom. The molecule has 0 aliphatic carbocycles. The number of ether oxygens (including phenoxy) is 1. The molecule has 1 atom stereocenters. The molecule has 2 rings (SSSR count). The van der Waals surface area contributed by atoms with Crippen LogP contribution >= 0.6 is 27.5 Å². The first-order valence-electron chi connectivity index (χ1n) is 7.87. The lowest BCUT2D eigenvalue weighted by Gasteiger charge is -2.15. The van der Waals surface area contributed by atoms with Gasteiger partial charge in [-0.15, -0.1) is 0 Å². The summed E-state index contributed by atoms with van der Waals surface area (Å²) in [5.41, 5.74) is 2.16. The van der Waals surface area contributed by atoms with Crippen LogP contribution in [-0.4, -0.2) is 18.6 Å². The highest BCUT2D eigenvalue weighted by Gasteiger charge is 2.12. The molecule has 1 amide bonds. The second kappa shape index (κ2) is 9.09. The average Bonchev–Trinajstić information content (AvgIpc) is 2.53. The normalized spacial score (nSPS) is 11.8. The van der Waals surface area contributed by atoms with Gasteiger partial charge >= 0.3 is 0 Å². The molecule has 128 valence electrons. The number of halogens is 2. The van der Waals surface area contributed by atoms with E-state index in [9.17, 15) is 4.79 Å². The summed E-state index contributed by atoms with van der Waals surface area (Å²) in [4.78, 5) is 12.0. The molecule has 0 aromatic heterocycles. The second-order valence-corrected chi connectivity index (χ2v) is 7.14. The van der Waals surface area contributed by atoms with Crippen molar-refractivity contribution in [2.45, 2.75) is 32.7 Å². The van der Waals surface area contributed by atoms with Crippen molar-refractivity contribution in [1.82, 2.24) is 5.32 Å². The van der Waals surface area contributed by atoms with Gasteiger partial charge in [0.15, 0.2) is 6.61 Å². The molecule has 0 radical (unpaired) electrons. The number of hydrogen-bond acceptors (Lipinski definition) is 2. The maximum atomic E-state index is 12.0. The Labute approximate surface area is 156 Å². The summed E-state index contributed by atoms with van der Waals surface area (Å²) in [6, 6.07) is 14.0. The van der Waals surface area contributed by atoms with E-state index in [1.807, 2.05) is 38.1 Å². The van der Waals surface area contributed by atoms with E-state index < -0.39 is 0 Å². The molecule has 24 heavy (non-hydrogen) atoms. The Kier molecular flexibility index (Phi) is 7.13. The minimum absolute atomic E-state index is 0.0438. The zero-order chi connectivity index (χ0) is 17.5. The molecule has 1 N–H and O–H groups in total. The van der Waals surface area contributed by atoms with Crippen LogP contribution in [0.5, 0.6) is 5.75 Å². The summed E-state index contributed by atoms with van der Waals surface area (Å²) in [5, 5.41) is 3.45. The number of aryl methyl sites for hydroxylation is 2. The van der Waals surface area contributed by atoms with Gasteiger partial charge in [-0.3, -0.25) is 4.79 Å². The van der Waals surface area contributed by atoms with E-state index in [1.165, 1.54) is 5.56 Å². The summed E-state index contributed by atoms with van der Waals surface area (Å²) in [7, 11) is 0. The summed E-state index contributed by atoms with van der Waals surface area (Å²) < 4.78 is 6.47. The highest BCUT2D eigenvalue weighted by Crippen LogP contribution is 2.31. The largest absolute Gasteiger partial charge is 0.482 e. The first-order chi connectivity index (χ1) is 11.5. The van der Waals surface area contributed by atoms with E-state index in [-0.39, 0.29) is 18.6 Å². The van der Waals surface area contributed by atoms with Crippen molar-refractivity contribution in [3.05, 3.63) is 63.1 Å². The Hall–Kier alpha value is -1.52. The van der Waals surface area contributed by atoms with Crippen LogP contribution in [0.15, 0.2) is 46.9 Å². The van der Waals surface area contributed by atoms with E-state index in [0.717, 1.165) is 22.9 Å². The van der Waals surface area contributed by atoms with Gasteiger partial charge in [-0.1, -0.05) is 57.9 Å². The maximum absolute atomic E-state index is 12.0. The zero-order valence-corrected chi connectivity index (χ0v) is 16.2. The summed E-state index contributed by atoms with van der Waals surface area (Å²) in [6.07, 6.45) is 1.81. The topological polar surface area (TPSA) is 38.3 Å². The molecule has 3 nitrogen and oxygen atoms in total. The molecule has 0 aliphatic rings. The first kappa shape index (κ1) is 18.8. The van der Waals surface area contributed by atoms with Crippen molar-refractivity contribution in [3.8, 4) is 5.75 Å². The van der Waals surface area contributed by atoms with Gasteiger partial charge in [0.05, 0.1) is 5.02 Å². The first-order valence-corrected chi connectivity index (χ1v) is 9.04. The molecule has 2 aromatic carbocycles. The number of benzene rings is 2. The predicted molar refractivity (Wildman–Crippen MR) is 102 cm³/mol. The van der Waals surface area contributed by atoms with Gasteiger partial charge in [-0.05, 0) is 49.9 Å². The minimum Gasteiger partial charge on any atom is -0.482 e.